The van der Waals surface area contributed by atoms with Gasteiger partial charge in [0.2, 0.25) is 11.8 Å². The van der Waals surface area contributed by atoms with E-state index < -0.39 is 30.1 Å². The van der Waals surface area contributed by atoms with Crippen molar-refractivity contribution in [3.8, 4) is 0 Å². The van der Waals surface area contributed by atoms with Crippen LogP contribution in [-0.4, -0.2) is 66.7 Å². The number of ketones is 2. The Morgan fingerprint density at radius 2 is 0.846 bits per heavy atom. The van der Waals surface area contributed by atoms with Gasteiger partial charge in [0.05, 0.1) is 25.3 Å². The predicted octanol–water partition coefficient (Wildman–Crippen LogP) is 7.73. The first-order valence-electron chi connectivity index (χ1n) is 20.7. The zero-order chi connectivity index (χ0) is 38.8. The molecule has 52 heavy (non-hydrogen) atoms. The van der Waals surface area contributed by atoms with Crippen LogP contribution in [0.4, 0.5) is 0 Å². The van der Waals surface area contributed by atoms with Gasteiger partial charge in [0.1, 0.15) is 6.04 Å². The van der Waals surface area contributed by atoms with Crippen LogP contribution in [0.3, 0.4) is 0 Å². The van der Waals surface area contributed by atoms with Crippen molar-refractivity contribution in [2.45, 2.75) is 213 Å². The summed E-state index contributed by atoms with van der Waals surface area (Å²) < 4.78 is 10.3. The van der Waals surface area contributed by atoms with Crippen molar-refractivity contribution in [2.24, 2.45) is 5.73 Å². The predicted molar refractivity (Wildman–Crippen MR) is 207 cm³/mol. The van der Waals surface area contributed by atoms with Gasteiger partial charge in [-0.1, -0.05) is 117 Å². The van der Waals surface area contributed by atoms with E-state index in [1.165, 1.54) is 77.0 Å². The second kappa shape index (κ2) is 34.0. The molecule has 0 radical (unpaired) electrons. The van der Waals surface area contributed by atoms with Crippen LogP contribution in [0, 0.1) is 0 Å². The van der Waals surface area contributed by atoms with E-state index >= 15 is 0 Å². The van der Waals surface area contributed by atoms with Crippen LogP contribution in [0.2, 0.25) is 0 Å². The minimum Gasteiger partial charge on any atom is -0.466 e. The summed E-state index contributed by atoms with van der Waals surface area (Å²) in [7, 11) is 0. The van der Waals surface area contributed by atoms with Gasteiger partial charge in [-0.3, -0.25) is 28.8 Å². The molecule has 0 fully saturated rings. The van der Waals surface area contributed by atoms with Crippen molar-refractivity contribution in [3.05, 3.63) is 0 Å². The Kier molecular flexibility index (Phi) is 32.1. The molecule has 0 unspecified atom stereocenters. The SMILES string of the molecule is CCCCCCCCCCCC(=O)N[C@H](C)C(=O)CCCOC(=O)CC[C@H](N)C(=O)OCCCC(=O)[C@@H](C)NC(=O)CCCCCCCCCCC. The van der Waals surface area contributed by atoms with Crippen molar-refractivity contribution in [1.82, 2.24) is 10.6 Å². The van der Waals surface area contributed by atoms with Gasteiger partial charge in [0.25, 0.3) is 0 Å². The molecule has 0 saturated heterocycles. The van der Waals surface area contributed by atoms with Crippen LogP contribution >= 0.6 is 0 Å². The van der Waals surface area contributed by atoms with Crippen LogP contribution in [0.5, 0.6) is 0 Å². The molecule has 0 aromatic rings. The Bertz CT molecular complexity index is 989. The normalized spacial score (nSPS) is 12.8. The molecule has 11 nitrogen and oxygen atoms in total. The summed E-state index contributed by atoms with van der Waals surface area (Å²) in [5, 5.41) is 5.52. The third kappa shape index (κ3) is 29.7. The Morgan fingerprint density at radius 1 is 0.481 bits per heavy atom. The first kappa shape index (κ1) is 49.2. The van der Waals surface area contributed by atoms with Crippen LogP contribution in [0.1, 0.15) is 195 Å². The number of rotatable bonds is 36. The Balaban J connectivity index is 3.91. The van der Waals surface area contributed by atoms with Gasteiger partial charge in [-0.15, -0.1) is 0 Å². The molecule has 302 valence electrons. The van der Waals surface area contributed by atoms with Crippen molar-refractivity contribution in [2.75, 3.05) is 13.2 Å². The highest BCUT2D eigenvalue weighted by molar-refractivity contribution is 5.89. The molecule has 0 heterocycles. The highest BCUT2D eigenvalue weighted by atomic mass is 16.5. The maximum absolute atomic E-state index is 12.4. The van der Waals surface area contributed by atoms with Gasteiger partial charge >= 0.3 is 11.9 Å². The zero-order valence-corrected chi connectivity index (χ0v) is 33.4. The third-order valence-electron chi connectivity index (χ3n) is 9.34. The lowest BCUT2D eigenvalue weighted by molar-refractivity contribution is -0.147. The molecular formula is C41H75N3O8. The van der Waals surface area contributed by atoms with Gasteiger partial charge in [-0.25, -0.2) is 0 Å². The summed E-state index contributed by atoms with van der Waals surface area (Å²) in [4.78, 5) is 73.5. The molecule has 0 spiro atoms. The van der Waals surface area contributed by atoms with Crippen LogP contribution in [0.15, 0.2) is 0 Å². The summed E-state index contributed by atoms with van der Waals surface area (Å²) >= 11 is 0. The largest absolute Gasteiger partial charge is 0.466 e. The number of nitrogens with one attached hydrogen (secondary N) is 2. The average Bonchev–Trinajstić information content (AvgIpc) is 3.12. The fraction of sp³-hybridized carbons (Fsp3) is 0.854. The number of unbranched alkanes of at least 4 members (excludes halogenated alkanes) is 16. The number of carbonyl (C=O) groups is 6. The fourth-order valence-corrected chi connectivity index (χ4v) is 5.84. The third-order valence-corrected chi connectivity index (χ3v) is 9.34. The van der Waals surface area contributed by atoms with Crippen molar-refractivity contribution < 1.29 is 38.2 Å². The molecule has 0 bridgehead atoms. The maximum Gasteiger partial charge on any atom is 0.322 e. The molecule has 0 rings (SSSR count). The van der Waals surface area contributed by atoms with E-state index in [1.807, 2.05) is 0 Å². The molecule has 2 amide bonds. The highest BCUT2D eigenvalue weighted by Gasteiger charge is 2.19. The van der Waals surface area contributed by atoms with Gasteiger partial charge in [-0.2, -0.15) is 0 Å². The van der Waals surface area contributed by atoms with Gasteiger partial charge in [0, 0.05) is 32.1 Å². The lowest BCUT2D eigenvalue weighted by Crippen LogP contribution is -2.38. The van der Waals surface area contributed by atoms with E-state index in [0.29, 0.717) is 25.7 Å². The van der Waals surface area contributed by atoms with E-state index in [0.717, 1.165) is 38.5 Å². The second-order valence-electron chi connectivity index (χ2n) is 14.4. The Hall–Kier alpha value is -2.82. The molecule has 0 aliphatic heterocycles. The first-order chi connectivity index (χ1) is 25.0. The van der Waals surface area contributed by atoms with Crippen LogP contribution < -0.4 is 16.4 Å². The number of esters is 2. The highest BCUT2D eigenvalue weighted by Crippen LogP contribution is 2.12. The lowest BCUT2D eigenvalue weighted by atomic mass is 10.1. The van der Waals surface area contributed by atoms with E-state index in [-0.39, 0.29) is 62.3 Å². The van der Waals surface area contributed by atoms with Gasteiger partial charge in [-0.05, 0) is 46.0 Å². The molecule has 4 N–H and O–H groups in total. The fourth-order valence-electron chi connectivity index (χ4n) is 5.84. The number of ether oxygens (including phenoxy) is 2. The molecule has 0 aromatic carbocycles. The zero-order valence-electron chi connectivity index (χ0n) is 33.4. The summed E-state index contributed by atoms with van der Waals surface area (Å²) in [6.45, 7) is 7.81. The molecule has 3 atom stereocenters. The lowest BCUT2D eigenvalue weighted by Gasteiger charge is -2.14. The summed E-state index contributed by atoms with van der Waals surface area (Å²) in [5.41, 5.74) is 5.87. The van der Waals surface area contributed by atoms with E-state index in [1.54, 1.807) is 13.8 Å². The number of hydrogen-bond donors (Lipinski definition) is 3. The topological polar surface area (TPSA) is 171 Å². The second-order valence-corrected chi connectivity index (χ2v) is 14.4. The molecule has 0 aromatic heterocycles. The monoisotopic (exact) mass is 738 g/mol. The number of amides is 2. The number of hydrogen-bond acceptors (Lipinski definition) is 9. The molecule has 0 aliphatic rings. The maximum atomic E-state index is 12.4. The van der Waals surface area contributed by atoms with E-state index in [9.17, 15) is 28.8 Å². The van der Waals surface area contributed by atoms with Gasteiger partial charge < -0.3 is 25.8 Å². The molecular weight excluding hydrogens is 662 g/mol. The van der Waals surface area contributed by atoms with Crippen molar-refractivity contribution in [1.29, 1.82) is 0 Å². The smallest absolute Gasteiger partial charge is 0.322 e. The summed E-state index contributed by atoms with van der Waals surface area (Å²) in [6, 6.07) is -2.20. The average molecular weight is 738 g/mol. The number of carbonyl (C=O) groups excluding carboxylic acids is 6. The van der Waals surface area contributed by atoms with Crippen molar-refractivity contribution >= 4 is 35.3 Å². The minimum absolute atomic E-state index is 0.00793. The molecule has 11 heteroatoms. The van der Waals surface area contributed by atoms with Crippen LogP contribution in [0.25, 0.3) is 0 Å². The Morgan fingerprint density at radius 3 is 1.25 bits per heavy atom. The Labute approximate surface area is 315 Å². The summed E-state index contributed by atoms with van der Waals surface area (Å²) in [6.07, 6.45) is 22.9. The number of nitrogens with two attached hydrogens (primary N) is 1. The van der Waals surface area contributed by atoms with Crippen molar-refractivity contribution in [3.63, 3.8) is 0 Å². The van der Waals surface area contributed by atoms with Crippen LogP contribution in [-0.2, 0) is 38.2 Å². The first-order valence-corrected chi connectivity index (χ1v) is 20.7. The molecule has 0 saturated carbocycles. The van der Waals surface area contributed by atoms with E-state index in [4.69, 9.17) is 15.2 Å². The van der Waals surface area contributed by atoms with Gasteiger partial charge in [0.15, 0.2) is 11.6 Å². The summed E-state index contributed by atoms with van der Waals surface area (Å²) in [5.74, 6) is -1.68. The molecule has 0 aliphatic carbocycles. The number of Topliss-reactive ketones (excluding diaryl/α,β-unsaturated/α-hetero) is 2. The standard InChI is InChI=1S/C41H75N3O8/c1-5-7-9-11-13-15-17-19-21-27-38(47)43-33(3)36(45)25-23-31-51-40(49)30-29-35(42)41(50)52-32-24-26-37(46)34(4)44-39(48)28-22-20-18-16-14-12-10-8-6-2/h33-35H,5-32,42H2,1-4H3,(H,43,47)(H,44,48)/t33-,34-,35+/m1/s1. The quantitative estimate of drug-likeness (QED) is 0.0430. The van der Waals surface area contributed by atoms with E-state index in [2.05, 4.69) is 24.5 Å². The minimum atomic E-state index is -1.01.